The normalized spacial score (nSPS) is 12.0. The first-order valence-electron chi connectivity index (χ1n) is 8.65. The Morgan fingerprint density at radius 1 is 1.19 bits per heavy atom. The number of carbonyl (C=O) groups is 1. The van der Waals surface area contributed by atoms with Gasteiger partial charge >= 0.3 is 6.03 Å². The summed E-state index contributed by atoms with van der Waals surface area (Å²) in [7, 11) is 0. The molecule has 1 aromatic carbocycles. The quantitative estimate of drug-likeness (QED) is 0.697. The van der Waals surface area contributed by atoms with E-state index in [1.54, 1.807) is 40.8 Å². The molecule has 1 aliphatic rings. The van der Waals surface area contributed by atoms with Crippen LogP contribution in [0, 0.1) is 0 Å². The standard InChI is InChI=1S/C20H19N3O3S/c24-20(22-16-5-6-18-19(11-16)26-14-25-18)23(9-7-17-4-2-10-27-17)13-15-3-1-8-21-12-15/h1-6,8,10-12H,7,9,13-14H2,(H,22,24). The zero-order valence-corrected chi connectivity index (χ0v) is 15.4. The molecule has 0 unspecified atom stereocenters. The van der Waals surface area contributed by atoms with E-state index in [0.29, 0.717) is 30.3 Å². The highest BCUT2D eigenvalue weighted by atomic mass is 32.1. The number of rotatable bonds is 6. The van der Waals surface area contributed by atoms with Crippen molar-refractivity contribution in [3.63, 3.8) is 0 Å². The Kier molecular flexibility index (Phi) is 5.20. The van der Waals surface area contributed by atoms with E-state index >= 15 is 0 Å². The number of carbonyl (C=O) groups excluding carboxylic acids is 1. The van der Waals surface area contributed by atoms with Crippen LogP contribution in [-0.4, -0.2) is 29.3 Å². The van der Waals surface area contributed by atoms with Gasteiger partial charge in [-0.05, 0) is 41.6 Å². The van der Waals surface area contributed by atoms with Crippen molar-refractivity contribution in [2.24, 2.45) is 0 Å². The number of aromatic nitrogens is 1. The number of urea groups is 1. The number of fused-ring (bicyclic) bond motifs is 1. The van der Waals surface area contributed by atoms with Gasteiger partial charge in [0.2, 0.25) is 6.79 Å². The molecule has 0 radical (unpaired) electrons. The van der Waals surface area contributed by atoms with Gasteiger partial charge in [0.05, 0.1) is 0 Å². The number of amides is 2. The molecule has 0 saturated heterocycles. The molecule has 27 heavy (non-hydrogen) atoms. The van der Waals surface area contributed by atoms with E-state index in [1.165, 1.54) is 4.88 Å². The largest absolute Gasteiger partial charge is 0.454 e. The fourth-order valence-electron chi connectivity index (χ4n) is 2.84. The van der Waals surface area contributed by atoms with Gasteiger partial charge in [-0.3, -0.25) is 4.98 Å². The van der Waals surface area contributed by atoms with E-state index in [0.717, 1.165) is 12.0 Å². The number of thiophene rings is 1. The second kappa shape index (κ2) is 8.09. The zero-order chi connectivity index (χ0) is 18.5. The van der Waals surface area contributed by atoms with E-state index in [4.69, 9.17) is 9.47 Å². The Morgan fingerprint density at radius 2 is 2.11 bits per heavy atom. The maximum absolute atomic E-state index is 12.9. The highest BCUT2D eigenvalue weighted by molar-refractivity contribution is 7.09. The summed E-state index contributed by atoms with van der Waals surface area (Å²) < 4.78 is 10.7. The Hall–Kier alpha value is -3.06. The molecule has 6 nitrogen and oxygen atoms in total. The molecule has 0 saturated carbocycles. The minimum atomic E-state index is -0.158. The summed E-state index contributed by atoms with van der Waals surface area (Å²) in [4.78, 5) is 20.1. The molecule has 2 amide bonds. The van der Waals surface area contributed by atoms with Crippen LogP contribution < -0.4 is 14.8 Å². The number of hydrogen-bond donors (Lipinski definition) is 1. The van der Waals surface area contributed by atoms with Gasteiger partial charge in [-0.2, -0.15) is 0 Å². The van der Waals surface area contributed by atoms with Gasteiger partial charge in [0.25, 0.3) is 0 Å². The van der Waals surface area contributed by atoms with Crippen LogP contribution >= 0.6 is 11.3 Å². The van der Waals surface area contributed by atoms with Crippen molar-refractivity contribution in [3.05, 3.63) is 70.7 Å². The second-order valence-electron chi connectivity index (χ2n) is 6.11. The lowest BCUT2D eigenvalue weighted by Gasteiger charge is -2.23. The monoisotopic (exact) mass is 381 g/mol. The van der Waals surface area contributed by atoms with Crippen molar-refractivity contribution in [1.82, 2.24) is 9.88 Å². The molecular formula is C20H19N3O3S. The maximum atomic E-state index is 12.9. The molecule has 0 aliphatic carbocycles. The summed E-state index contributed by atoms with van der Waals surface area (Å²) >= 11 is 1.70. The third-order valence-electron chi connectivity index (χ3n) is 4.22. The third-order valence-corrected chi connectivity index (χ3v) is 5.15. The molecule has 138 valence electrons. The lowest BCUT2D eigenvalue weighted by Crippen LogP contribution is -2.36. The minimum Gasteiger partial charge on any atom is -0.454 e. The Balaban J connectivity index is 1.46. The lowest BCUT2D eigenvalue weighted by atomic mass is 10.2. The first-order valence-corrected chi connectivity index (χ1v) is 9.53. The predicted octanol–water partition coefficient (Wildman–Crippen LogP) is 4.15. The summed E-state index contributed by atoms with van der Waals surface area (Å²) in [5.41, 5.74) is 1.67. The SMILES string of the molecule is O=C(Nc1ccc2c(c1)OCO2)N(CCc1cccs1)Cc1cccnc1. The van der Waals surface area contributed by atoms with Crippen molar-refractivity contribution < 1.29 is 14.3 Å². The van der Waals surface area contributed by atoms with Gasteiger partial charge in [-0.15, -0.1) is 11.3 Å². The molecular weight excluding hydrogens is 362 g/mol. The summed E-state index contributed by atoms with van der Waals surface area (Å²) in [6.45, 7) is 1.32. The molecule has 1 N–H and O–H groups in total. The van der Waals surface area contributed by atoms with Crippen LogP contribution in [0.1, 0.15) is 10.4 Å². The minimum absolute atomic E-state index is 0.158. The van der Waals surface area contributed by atoms with Crippen molar-refractivity contribution in [2.45, 2.75) is 13.0 Å². The molecule has 3 aromatic rings. The fraction of sp³-hybridized carbons (Fsp3) is 0.200. The fourth-order valence-corrected chi connectivity index (χ4v) is 3.54. The molecule has 0 atom stereocenters. The lowest BCUT2D eigenvalue weighted by molar-refractivity contribution is 0.174. The van der Waals surface area contributed by atoms with Crippen LogP contribution in [0.3, 0.4) is 0 Å². The highest BCUT2D eigenvalue weighted by Gasteiger charge is 2.18. The molecule has 0 spiro atoms. The Labute approximate surface area is 161 Å². The van der Waals surface area contributed by atoms with Gasteiger partial charge in [0, 0.05) is 42.1 Å². The van der Waals surface area contributed by atoms with Crippen molar-refractivity contribution >= 4 is 23.1 Å². The molecule has 2 aromatic heterocycles. The van der Waals surface area contributed by atoms with Crippen molar-refractivity contribution in [2.75, 3.05) is 18.7 Å². The van der Waals surface area contributed by atoms with Gasteiger partial charge < -0.3 is 19.7 Å². The van der Waals surface area contributed by atoms with Gasteiger partial charge in [0.15, 0.2) is 11.5 Å². The van der Waals surface area contributed by atoms with Gasteiger partial charge in [0.1, 0.15) is 0 Å². The van der Waals surface area contributed by atoms with Crippen LogP contribution in [0.5, 0.6) is 11.5 Å². The number of benzene rings is 1. The Morgan fingerprint density at radius 3 is 2.93 bits per heavy atom. The average Bonchev–Trinajstić information content (AvgIpc) is 3.37. The summed E-state index contributed by atoms with van der Waals surface area (Å²) in [5, 5.41) is 5.01. The summed E-state index contributed by atoms with van der Waals surface area (Å²) in [5.74, 6) is 1.34. The number of hydrogen-bond acceptors (Lipinski definition) is 5. The molecule has 4 rings (SSSR count). The number of nitrogens with zero attached hydrogens (tertiary/aromatic N) is 2. The molecule has 7 heteroatoms. The molecule has 0 bridgehead atoms. The molecule has 0 fully saturated rings. The Bertz CT molecular complexity index is 900. The van der Waals surface area contributed by atoms with Crippen LogP contribution in [0.2, 0.25) is 0 Å². The van der Waals surface area contributed by atoms with Crippen LogP contribution in [0.4, 0.5) is 10.5 Å². The van der Waals surface area contributed by atoms with E-state index in [9.17, 15) is 4.79 Å². The highest BCUT2D eigenvalue weighted by Crippen LogP contribution is 2.34. The zero-order valence-electron chi connectivity index (χ0n) is 14.6. The number of pyridine rings is 1. The first kappa shape index (κ1) is 17.4. The van der Waals surface area contributed by atoms with Gasteiger partial charge in [-0.25, -0.2) is 4.79 Å². The van der Waals surface area contributed by atoms with Crippen LogP contribution in [0.15, 0.2) is 60.2 Å². The van der Waals surface area contributed by atoms with Crippen LogP contribution in [0.25, 0.3) is 0 Å². The number of nitrogens with one attached hydrogen (secondary N) is 1. The second-order valence-corrected chi connectivity index (χ2v) is 7.14. The van der Waals surface area contributed by atoms with Gasteiger partial charge in [-0.1, -0.05) is 12.1 Å². The molecule has 1 aliphatic heterocycles. The number of anilines is 1. The van der Waals surface area contributed by atoms with Crippen LogP contribution in [-0.2, 0) is 13.0 Å². The van der Waals surface area contributed by atoms with E-state index in [-0.39, 0.29) is 12.8 Å². The maximum Gasteiger partial charge on any atom is 0.322 e. The van der Waals surface area contributed by atoms with Crippen molar-refractivity contribution in [3.8, 4) is 11.5 Å². The smallest absolute Gasteiger partial charge is 0.322 e. The van der Waals surface area contributed by atoms with E-state index in [1.807, 2.05) is 29.6 Å². The average molecular weight is 381 g/mol. The topological polar surface area (TPSA) is 63.7 Å². The first-order chi connectivity index (χ1) is 13.3. The number of ether oxygens (including phenoxy) is 2. The summed E-state index contributed by atoms with van der Waals surface area (Å²) in [6.07, 6.45) is 4.32. The van der Waals surface area contributed by atoms with E-state index in [2.05, 4.69) is 16.4 Å². The molecule has 3 heterocycles. The predicted molar refractivity (Wildman–Crippen MR) is 104 cm³/mol. The third kappa shape index (κ3) is 4.38. The van der Waals surface area contributed by atoms with E-state index < -0.39 is 0 Å². The summed E-state index contributed by atoms with van der Waals surface area (Å²) in [6, 6.07) is 13.2. The van der Waals surface area contributed by atoms with Crippen molar-refractivity contribution in [1.29, 1.82) is 0 Å².